The van der Waals surface area contributed by atoms with Gasteiger partial charge in [0.05, 0.1) is 5.92 Å². The van der Waals surface area contributed by atoms with Crippen molar-refractivity contribution < 1.29 is 14.3 Å². The zero-order valence-corrected chi connectivity index (χ0v) is 15.5. The third-order valence-electron chi connectivity index (χ3n) is 4.78. The number of ether oxygens (including phenoxy) is 1. The number of carbonyl (C=O) groups is 2. The normalized spacial score (nSPS) is 16.6. The minimum absolute atomic E-state index is 0.0468. The first-order valence-corrected chi connectivity index (χ1v) is 9.14. The lowest BCUT2D eigenvalue weighted by molar-refractivity contribution is -0.136. The maximum atomic E-state index is 12.7. The van der Waals surface area contributed by atoms with Crippen LogP contribution in [-0.2, 0) is 11.3 Å². The van der Waals surface area contributed by atoms with Crippen LogP contribution in [0.4, 0.5) is 4.79 Å². The molecule has 1 aliphatic heterocycles. The molecule has 2 aromatic carbocycles. The number of nitrogens with two attached hydrogens (primary N) is 1. The molecule has 0 aromatic heterocycles. The van der Waals surface area contributed by atoms with Crippen molar-refractivity contribution in [2.45, 2.75) is 19.4 Å². The van der Waals surface area contributed by atoms with Crippen LogP contribution in [0, 0.1) is 5.92 Å². The van der Waals surface area contributed by atoms with Crippen LogP contribution in [-0.4, -0.2) is 41.9 Å². The number of benzene rings is 2. The number of carbonyl (C=O) groups excluding carboxylic acids is 2. The Morgan fingerprint density at radius 3 is 2.44 bits per heavy atom. The van der Waals surface area contributed by atoms with Gasteiger partial charge in [-0.15, -0.1) is 0 Å². The van der Waals surface area contributed by atoms with Crippen molar-refractivity contribution in [2.75, 3.05) is 20.1 Å². The quantitative estimate of drug-likeness (QED) is 0.881. The minimum Gasteiger partial charge on any atom is -0.457 e. The molecule has 1 saturated heterocycles. The van der Waals surface area contributed by atoms with Crippen molar-refractivity contribution in [3.63, 3.8) is 0 Å². The van der Waals surface area contributed by atoms with Crippen molar-refractivity contribution in [3.05, 3.63) is 60.2 Å². The van der Waals surface area contributed by atoms with E-state index in [1.165, 1.54) is 0 Å². The van der Waals surface area contributed by atoms with E-state index in [4.69, 9.17) is 10.5 Å². The fourth-order valence-electron chi connectivity index (χ4n) is 3.33. The van der Waals surface area contributed by atoms with E-state index in [1.807, 2.05) is 54.6 Å². The van der Waals surface area contributed by atoms with Crippen molar-refractivity contribution in [2.24, 2.45) is 11.7 Å². The molecule has 0 aliphatic carbocycles. The molecule has 3 rings (SSSR count). The predicted molar refractivity (Wildman–Crippen MR) is 103 cm³/mol. The van der Waals surface area contributed by atoms with Crippen LogP contribution in [0.25, 0.3) is 0 Å². The molecule has 1 fully saturated rings. The number of hydrogen-bond acceptors (Lipinski definition) is 3. The van der Waals surface area contributed by atoms with Crippen LogP contribution in [0.5, 0.6) is 11.5 Å². The second kappa shape index (κ2) is 8.58. The summed E-state index contributed by atoms with van der Waals surface area (Å²) in [7, 11) is 1.79. The van der Waals surface area contributed by atoms with Gasteiger partial charge >= 0.3 is 6.03 Å². The largest absolute Gasteiger partial charge is 0.457 e. The Labute approximate surface area is 159 Å². The number of likely N-dealkylation sites (tertiary alicyclic amines) is 1. The van der Waals surface area contributed by atoms with E-state index in [2.05, 4.69) is 0 Å². The number of primary amides is 1. The summed E-state index contributed by atoms with van der Waals surface area (Å²) in [5.41, 5.74) is 6.37. The van der Waals surface area contributed by atoms with Crippen LogP contribution in [0.3, 0.4) is 0 Å². The fraction of sp³-hybridized carbons (Fsp3) is 0.333. The molecule has 1 atom stereocenters. The van der Waals surface area contributed by atoms with Gasteiger partial charge in [0.2, 0.25) is 5.91 Å². The Morgan fingerprint density at radius 2 is 1.78 bits per heavy atom. The highest BCUT2D eigenvalue weighted by Crippen LogP contribution is 2.22. The molecule has 1 heterocycles. The molecule has 2 N–H and O–H groups in total. The number of hydrogen-bond donors (Lipinski definition) is 1. The summed E-state index contributed by atoms with van der Waals surface area (Å²) in [6.45, 7) is 1.55. The minimum atomic E-state index is -0.454. The van der Waals surface area contributed by atoms with Crippen LogP contribution < -0.4 is 10.5 Å². The second-order valence-electron chi connectivity index (χ2n) is 6.88. The molecule has 3 amide bonds. The molecule has 142 valence electrons. The van der Waals surface area contributed by atoms with Crippen LogP contribution in [0.2, 0.25) is 0 Å². The van der Waals surface area contributed by atoms with Gasteiger partial charge < -0.3 is 20.3 Å². The topological polar surface area (TPSA) is 75.9 Å². The molecule has 0 saturated carbocycles. The third kappa shape index (κ3) is 5.00. The average Bonchev–Trinajstić information content (AvgIpc) is 2.69. The van der Waals surface area contributed by atoms with Crippen LogP contribution in [0.1, 0.15) is 18.4 Å². The second-order valence-corrected chi connectivity index (χ2v) is 6.88. The highest BCUT2D eigenvalue weighted by Gasteiger charge is 2.29. The Kier molecular flexibility index (Phi) is 5.96. The molecule has 2 aromatic rings. The molecular weight excluding hydrogens is 342 g/mol. The zero-order chi connectivity index (χ0) is 19.2. The lowest BCUT2D eigenvalue weighted by Gasteiger charge is -2.33. The molecular formula is C21H25N3O3. The smallest absolute Gasteiger partial charge is 0.314 e. The van der Waals surface area contributed by atoms with Crippen molar-refractivity contribution in [1.82, 2.24) is 9.80 Å². The van der Waals surface area contributed by atoms with E-state index >= 15 is 0 Å². The highest BCUT2D eigenvalue weighted by atomic mass is 16.5. The monoisotopic (exact) mass is 367 g/mol. The van der Waals surface area contributed by atoms with E-state index in [9.17, 15) is 9.59 Å². The Balaban J connectivity index is 1.56. The van der Waals surface area contributed by atoms with Crippen molar-refractivity contribution in [1.29, 1.82) is 0 Å². The van der Waals surface area contributed by atoms with Gasteiger partial charge in [-0.3, -0.25) is 4.79 Å². The first kappa shape index (κ1) is 18.8. The van der Waals surface area contributed by atoms with Gasteiger partial charge in [0.15, 0.2) is 0 Å². The summed E-state index contributed by atoms with van der Waals surface area (Å²) in [5, 5.41) is 0. The average molecular weight is 367 g/mol. The van der Waals surface area contributed by atoms with Gasteiger partial charge in [0.25, 0.3) is 0 Å². The van der Waals surface area contributed by atoms with Gasteiger partial charge in [-0.1, -0.05) is 30.3 Å². The van der Waals surface area contributed by atoms with Gasteiger partial charge in [0.1, 0.15) is 11.5 Å². The molecule has 27 heavy (non-hydrogen) atoms. The van der Waals surface area contributed by atoms with Crippen LogP contribution >= 0.6 is 0 Å². The van der Waals surface area contributed by atoms with Gasteiger partial charge in [0, 0.05) is 26.7 Å². The molecule has 0 radical (unpaired) electrons. The van der Waals surface area contributed by atoms with E-state index < -0.39 is 6.03 Å². The van der Waals surface area contributed by atoms with E-state index in [0.29, 0.717) is 19.6 Å². The van der Waals surface area contributed by atoms with E-state index in [0.717, 1.165) is 29.9 Å². The lowest BCUT2D eigenvalue weighted by Crippen LogP contribution is -2.47. The number of piperidine rings is 1. The van der Waals surface area contributed by atoms with Crippen molar-refractivity contribution in [3.8, 4) is 11.5 Å². The van der Waals surface area contributed by atoms with E-state index in [-0.39, 0.29) is 11.8 Å². The lowest BCUT2D eigenvalue weighted by atomic mass is 9.96. The highest BCUT2D eigenvalue weighted by molar-refractivity contribution is 5.80. The first-order valence-electron chi connectivity index (χ1n) is 9.14. The van der Waals surface area contributed by atoms with E-state index in [1.54, 1.807) is 16.8 Å². The predicted octanol–water partition coefficient (Wildman–Crippen LogP) is 3.23. The summed E-state index contributed by atoms with van der Waals surface area (Å²) in [6, 6.07) is 16.9. The maximum Gasteiger partial charge on any atom is 0.314 e. The molecule has 1 aliphatic rings. The standard InChI is InChI=1S/C21H25N3O3/c1-23(20(25)17-6-5-13-24(15-17)21(22)26)14-16-9-11-19(12-10-16)27-18-7-3-2-4-8-18/h2-4,7-12,17H,5-6,13-15H2,1H3,(H2,22,26)/t17-/m1/s1. The number of amides is 3. The van der Waals surface area contributed by atoms with Gasteiger partial charge in [-0.25, -0.2) is 4.79 Å². The number of nitrogens with zero attached hydrogens (tertiary/aromatic N) is 2. The number of urea groups is 1. The molecule has 0 spiro atoms. The zero-order valence-electron chi connectivity index (χ0n) is 15.5. The SMILES string of the molecule is CN(Cc1ccc(Oc2ccccc2)cc1)C(=O)[C@@H]1CCCN(C(N)=O)C1. The third-order valence-corrected chi connectivity index (χ3v) is 4.78. The fourth-order valence-corrected chi connectivity index (χ4v) is 3.33. The van der Waals surface area contributed by atoms with Crippen molar-refractivity contribution >= 4 is 11.9 Å². The van der Waals surface area contributed by atoms with Gasteiger partial charge in [-0.05, 0) is 42.7 Å². The molecule has 6 nitrogen and oxygen atoms in total. The molecule has 0 unspecified atom stereocenters. The van der Waals surface area contributed by atoms with Gasteiger partial charge in [-0.2, -0.15) is 0 Å². The Hall–Kier alpha value is -3.02. The Morgan fingerprint density at radius 1 is 1.11 bits per heavy atom. The maximum absolute atomic E-state index is 12.7. The summed E-state index contributed by atoms with van der Waals surface area (Å²) >= 11 is 0. The molecule has 0 bridgehead atoms. The summed E-state index contributed by atoms with van der Waals surface area (Å²) in [6.07, 6.45) is 1.59. The summed E-state index contributed by atoms with van der Waals surface area (Å²) in [4.78, 5) is 27.3. The number of para-hydroxylation sites is 1. The van der Waals surface area contributed by atoms with Crippen LogP contribution in [0.15, 0.2) is 54.6 Å². The first-order chi connectivity index (χ1) is 13.0. The Bertz CT molecular complexity index is 777. The summed E-state index contributed by atoms with van der Waals surface area (Å²) in [5.74, 6) is 1.40. The number of rotatable bonds is 5. The molecule has 6 heteroatoms. The summed E-state index contributed by atoms with van der Waals surface area (Å²) < 4.78 is 5.79.